The van der Waals surface area contributed by atoms with Gasteiger partial charge in [0.25, 0.3) is 5.91 Å². The van der Waals surface area contributed by atoms with Crippen LogP contribution in [0.4, 0.5) is 10.1 Å². The summed E-state index contributed by atoms with van der Waals surface area (Å²) in [5.74, 6) is -2.01. The van der Waals surface area contributed by atoms with Gasteiger partial charge in [0.15, 0.2) is 0 Å². The number of hydrogen-bond acceptors (Lipinski definition) is 3. The molecule has 0 saturated carbocycles. The molecule has 0 saturated heterocycles. The average Bonchev–Trinajstić information content (AvgIpc) is 2.30. The van der Waals surface area contributed by atoms with Crippen molar-refractivity contribution >= 4 is 17.5 Å². The standard InChI is InChI=1S/C11H14FN3O2/c1-2-9(13)11(17)15-6-3-4-8(12)7(5-6)10(14)16/h3-5,9H,2,13H2,1H3,(H2,14,16)(H,15,17)/t9-/m0/s1. The summed E-state index contributed by atoms with van der Waals surface area (Å²) in [4.78, 5) is 22.4. The zero-order valence-electron chi connectivity index (χ0n) is 9.37. The van der Waals surface area contributed by atoms with Gasteiger partial charge in [-0.05, 0) is 24.6 Å². The molecule has 1 aromatic rings. The maximum atomic E-state index is 13.1. The van der Waals surface area contributed by atoms with E-state index in [4.69, 9.17) is 11.5 Å². The van der Waals surface area contributed by atoms with Gasteiger partial charge in [0.05, 0.1) is 11.6 Å². The number of nitrogens with two attached hydrogens (primary N) is 2. The second kappa shape index (κ2) is 5.40. The van der Waals surface area contributed by atoms with E-state index in [1.165, 1.54) is 12.1 Å². The summed E-state index contributed by atoms with van der Waals surface area (Å²) < 4.78 is 13.1. The van der Waals surface area contributed by atoms with Gasteiger partial charge >= 0.3 is 0 Å². The number of amides is 2. The third-order valence-electron chi connectivity index (χ3n) is 2.28. The highest BCUT2D eigenvalue weighted by Gasteiger charge is 2.13. The van der Waals surface area contributed by atoms with E-state index in [-0.39, 0.29) is 11.3 Å². The molecule has 1 aromatic carbocycles. The van der Waals surface area contributed by atoms with Crippen LogP contribution in [0.25, 0.3) is 0 Å². The van der Waals surface area contributed by atoms with Crippen molar-refractivity contribution in [2.45, 2.75) is 19.4 Å². The van der Waals surface area contributed by atoms with E-state index in [1.807, 2.05) is 0 Å². The Morgan fingerprint density at radius 2 is 2.12 bits per heavy atom. The minimum absolute atomic E-state index is 0.270. The number of primary amides is 1. The van der Waals surface area contributed by atoms with Crippen molar-refractivity contribution in [3.8, 4) is 0 Å². The van der Waals surface area contributed by atoms with Crippen LogP contribution in [0.15, 0.2) is 18.2 Å². The average molecular weight is 239 g/mol. The van der Waals surface area contributed by atoms with E-state index >= 15 is 0 Å². The fourth-order valence-corrected chi connectivity index (χ4v) is 1.21. The van der Waals surface area contributed by atoms with Crippen LogP contribution in [0.2, 0.25) is 0 Å². The highest BCUT2D eigenvalue weighted by molar-refractivity contribution is 5.98. The number of anilines is 1. The normalized spacial score (nSPS) is 11.9. The second-order valence-electron chi connectivity index (χ2n) is 3.56. The first-order chi connectivity index (χ1) is 7.95. The molecule has 0 fully saturated rings. The third kappa shape index (κ3) is 3.25. The molecule has 0 unspecified atom stereocenters. The van der Waals surface area contributed by atoms with Crippen LogP contribution in [0.3, 0.4) is 0 Å². The molecule has 0 aliphatic carbocycles. The van der Waals surface area contributed by atoms with Crippen LogP contribution in [0.5, 0.6) is 0 Å². The smallest absolute Gasteiger partial charge is 0.251 e. The van der Waals surface area contributed by atoms with Gasteiger partial charge < -0.3 is 16.8 Å². The topological polar surface area (TPSA) is 98.2 Å². The van der Waals surface area contributed by atoms with Gasteiger partial charge in [-0.3, -0.25) is 9.59 Å². The quantitative estimate of drug-likeness (QED) is 0.717. The van der Waals surface area contributed by atoms with Crippen molar-refractivity contribution in [2.75, 3.05) is 5.32 Å². The van der Waals surface area contributed by atoms with Crippen molar-refractivity contribution in [3.05, 3.63) is 29.6 Å². The van der Waals surface area contributed by atoms with Gasteiger partial charge in [-0.25, -0.2) is 4.39 Å². The molecule has 0 aromatic heterocycles. The number of nitrogens with one attached hydrogen (secondary N) is 1. The first-order valence-electron chi connectivity index (χ1n) is 5.11. The summed E-state index contributed by atoms with van der Waals surface area (Å²) in [5, 5.41) is 2.48. The first kappa shape index (κ1) is 13.1. The van der Waals surface area contributed by atoms with Gasteiger partial charge in [0, 0.05) is 5.69 Å². The third-order valence-corrected chi connectivity index (χ3v) is 2.28. The lowest BCUT2D eigenvalue weighted by Gasteiger charge is -2.10. The predicted octanol–water partition coefficient (Wildman–Crippen LogP) is 0.600. The predicted molar refractivity (Wildman–Crippen MR) is 61.8 cm³/mol. The lowest BCUT2D eigenvalue weighted by molar-refractivity contribution is -0.117. The Bertz CT molecular complexity index is 448. The molecule has 2 amide bonds. The summed E-state index contributed by atoms with van der Waals surface area (Å²) in [7, 11) is 0. The molecule has 5 N–H and O–H groups in total. The Labute approximate surface area is 98.0 Å². The Morgan fingerprint density at radius 3 is 2.65 bits per heavy atom. The van der Waals surface area contributed by atoms with Crippen LogP contribution >= 0.6 is 0 Å². The molecular weight excluding hydrogens is 225 g/mol. The summed E-state index contributed by atoms with van der Waals surface area (Å²) >= 11 is 0. The Morgan fingerprint density at radius 1 is 1.47 bits per heavy atom. The molecule has 17 heavy (non-hydrogen) atoms. The molecule has 0 radical (unpaired) electrons. The number of hydrogen-bond donors (Lipinski definition) is 3. The highest BCUT2D eigenvalue weighted by Crippen LogP contribution is 2.14. The number of rotatable bonds is 4. The number of benzene rings is 1. The fourth-order valence-electron chi connectivity index (χ4n) is 1.21. The molecule has 6 heteroatoms. The second-order valence-corrected chi connectivity index (χ2v) is 3.56. The molecule has 5 nitrogen and oxygen atoms in total. The van der Waals surface area contributed by atoms with E-state index in [0.29, 0.717) is 6.42 Å². The lowest BCUT2D eigenvalue weighted by Crippen LogP contribution is -2.34. The molecule has 92 valence electrons. The minimum atomic E-state index is -0.890. The lowest BCUT2D eigenvalue weighted by atomic mass is 10.1. The molecule has 0 heterocycles. The summed E-state index contributed by atoms with van der Waals surface area (Å²) in [6, 6.07) is 2.93. The van der Waals surface area contributed by atoms with Crippen LogP contribution < -0.4 is 16.8 Å². The zero-order chi connectivity index (χ0) is 13.0. The van der Waals surface area contributed by atoms with Crippen LogP contribution in [-0.2, 0) is 4.79 Å². The van der Waals surface area contributed by atoms with Gasteiger partial charge in [0.1, 0.15) is 5.82 Å². The van der Waals surface area contributed by atoms with E-state index in [9.17, 15) is 14.0 Å². The first-order valence-corrected chi connectivity index (χ1v) is 5.11. The van der Waals surface area contributed by atoms with Crippen LogP contribution in [0, 0.1) is 5.82 Å². The number of halogens is 1. The Balaban J connectivity index is 2.90. The van der Waals surface area contributed by atoms with Crippen molar-refractivity contribution in [2.24, 2.45) is 11.5 Å². The fraction of sp³-hybridized carbons (Fsp3) is 0.273. The zero-order valence-corrected chi connectivity index (χ0v) is 9.37. The van der Waals surface area contributed by atoms with Crippen molar-refractivity contribution in [1.82, 2.24) is 0 Å². The van der Waals surface area contributed by atoms with Crippen molar-refractivity contribution in [1.29, 1.82) is 0 Å². The Hall–Kier alpha value is -1.95. The monoisotopic (exact) mass is 239 g/mol. The van der Waals surface area contributed by atoms with E-state index in [1.54, 1.807) is 6.92 Å². The van der Waals surface area contributed by atoms with Gasteiger partial charge in [-0.2, -0.15) is 0 Å². The number of carbonyl (C=O) groups excluding carboxylic acids is 2. The van der Waals surface area contributed by atoms with Crippen LogP contribution in [-0.4, -0.2) is 17.9 Å². The maximum absolute atomic E-state index is 13.1. The molecular formula is C11H14FN3O2. The SMILES string of the molecule is CC[C@H](N)C(=O)Nc1ccc(F)c(C(N)=O)c1. The van der Waals surface area contributed by atoms with E-state index in [0.717, 1.165) is 6.07 Å². The maximum Gasteiger partial charge on any atom is 0.251 e. The molecule has 0 spiro atoms. The molecule has 0 aliphatic rings. The Kier molecular flexibility index (Phi) is 4.17. The van der Waals surface area contributed by atoms with Crippen molar-refractivity contribution < 1.29 is 14.0 Å². The molecule has 1 rings (SSSR count). The molecule has 0 aliphatic heterocycles. The van der Waals surface area contributed by atoms with Crippen molar-refractivity contribution in [3.63, 3.8) is 0 Å². The van der Waals surface area contributed by atoms with E-state index in [2.05, 4.69) is 5.32 Å². The molecule has 0 bridgehead atoms. The minimum Gasteiger partial charge on any atom is -0.366 e. The number of carbonyl (C=O) groups is 2. The van der Waals surface area contributed by atoms with E-state index < -0.39 is 23.7 Å². The van der Waals surface area contributed by atoms with Gasteiger partial charge in [-0.15, -0.1) is 0 Å². The van der Waals surface area contributed by atoms with Gasteiger partial charge in [-0.1, -0.05) is 6.92 Å². The summed E-state index contributed by atoms with van der Waals surface area (Å²) in [6.45, 7) is 1.77. The van der Waals surface area contributed by atoms with Gasteiger partial charge in [0.2, 0.25) is 5.91 Å². The van der Waals surface area contributed by atoms with Crippen LogP contribution in [0.1, 0.15) is 23.7 Å². The largest absolute Gasteiger partial charge is 0.366 e. The highest BCUT2D eigenvalue weighted by atomic mass is 19.1. The summed E-state index contributed by atoms with van der Waals surface area (Å²) in [6.07, 6.45) is 0.482. The molecule has 1 atom stereocenters. The summed E-state index contributed by atoms with van der Waals surface area (Å²) in [5.41, 5.74) is 10.5.